The Labute approximate surface area is 86.5 Å². The highest BCUT2D eigenvalue weighted by Crippen LogP contribution is 2.35. The maximum Gasteiger partial charge on any atom is 0.146 e. The molecule has 14 heavy (non-hydrogen) atoms. The zero-order valence-electron chi connectivity index (χ0n) is 9.09. The predicted molar refractivity (Wildman–Crippen MR) is 57.2 cm³/mol. The lowest BCUT2D eigenvalue weighted by Gasteiger charge is -2.30. The van der Waals surface area contributed by atoms with Gasteiger partial charge in [0.15, 0.2) is 0 Å². The van der Waals surface area contributed by atoms with Crippen molar-refractivity contribution in [3.05, 3.63) is 0 Å². The average Bonchev–Trinajstić information content (AvgIpc) is 2.67. The van der Waals surface area contributed by atoms with E-state index in [2.05, 4.69) is 5.32 Å². The number of carbonyl (C=O) groups is 1. The van der Waals surface area contributed by atoms with Crippen molar-refractivity contribution in [2.45, 2.75) is 51.5 Å². The van der Waals surface area contributed by atoms with Crippen LogP contribution in [0.15, 0.2) is 0 Å². The van der Waals surface area contributed by atoms with E-state index in [4.69, 9.17) is 0 Å². The molecule has 0 bridgehead atoms. The van der Waals surface area contributed by atoms with E-state index in [1.54, 1.807) is 6.92 Å². The van der Waals surface area contributed by atoms with Crippen molar-refractivity contribution in [1.29, 1.82) is 0 Å². The lowest BCUT2D eigenvalue weighted by Crippen LogP contribution is -2.37. The van der Waals surface area contributed by atoms with E-state index in [0.29, 0.717) is 11.7 Å². The van der Waals surface area contributed by atoms with E-state index in [1.165, 1.54) is 38.5 Å². The van der Waals surface area contributed by atoms with Crippen LogP contribution in [0.1, 0.15) is 45.4 Å². The molecule has 1 aliphatic heterocycles. The van der Waals surface area contributed by atoms with Crippen LogP contribution >= 0.6 is 0 Å². The smallest absolute Gasteiger partial charge is 0.146 e. The standard InChI is InChI=1S/C12H21NO/c1-9(14)12-11(7-8-13-12)10-5-3-2-4-6-10/h10-13H,2-8H2,1H3/t11-,12-/m1/s1. The monoisotopic (exact) mass is 195 g/mol. The van der Waals surface area contributed by atoms with E-state index >= 15 is 0 Å². The number of rotatable bonds is 2. The first-order valence-corrected chi connectivity index (χ1v) is 6.03. The van der Waals surface area contributed by atoms with Gasteiger partial charge in [-0.2, -0.15) is 0 Å². The van der Waals surface area contributed by atoms with Crippen LogP contribution in [0.2, 0.25) is 0 Å². The van der Waals surface area contributed by atoms with Crippen molar-refractivity contribution >= 4 is 5.78 Å². The molecular weight excluding hydrogens is 174 g/mol. The molecule has 2 atom stereocenters. The summed E-state index contributed by atoms with van der Waals surface area (Å²) in [6.45, 7) is 2.78. The fourth-order valence-electron chi connectivity index (χ4n) is 3.24. The second kappa shape index (κ2) is 4.43. The van der Waals surface area contributed by atoms with Gasteiger partial charge in [0.25, 0.3) is 0 Å². The Kier molecular flexibility index (Phi) is 3.22. The topological polar surface area (TPSA) is 29.1 Å². The Hall–Kier alpha value is -0.370. The normalized spacial score (nSPS) is 34.6. The minimum absolute atomic E-state index is 0.179. The number of nitrogens with one attached hydrogen (secondary N) is 1. The van der Waals surface area contributed by atoms with Gasteiger partial charge in [0.1, 0.15) is 5.78 Å². The first-order chi connectivity index (χ1) is 6.79. The molecule has 0 unspecified atom stereocenters. The minimum Gasteiger partial charge on any atom is -0.307 e. The molecule has 0 spiro atoms. The van der Waals surface area contributed by atoms with Gasteiger partial charge in [-0.05, 0) is 31.7 Å². The van der Waals surface area contributed by atoms with E-state index in [-0.39, 0.29) is 6.04 Å². The molecule has 2 heteroatoms. The molecule has 1 aliphatic carbocycles. The lowest BCUT2D eigenvalue weighted by atomic mass is 9.76. The summed E-state index contributed by atoms with van der Waals surface area (Å²) in [5.41, 5.74) is 0. The zero-order chi connectivity index (χ0) is 9.97. The molecule has 1 N–H and O–H groups in total. The summed E-state index contributed by atoms with van der Waals surface area (Å²) in [6.07, 6.45) is 8.10. The van der Waals surface area contributed by atoms with Crippen LogP contribution in [0.3, 0.4) is 0 Å². The van der Waals surface area contributed by atoms with Gasteiger partial charge < -0.3 is 5.32 Å². The van der Waals surface area contributed by atoms with Crippen LogP contribution in [0, 0.1) is 11.8 Å². The van der Waals surface area contributed by atoms with E-state index in [1.807, 2.05) is 0 Å². The largest absolute Gasteiger partial charge is 0.307 e. The van der Waals surface area contributed by atoms with Crippen LogP contribution in [0.5, 0.6) is 0 Å². The van der Waals surface area contributed by atoms with Gasteiger partial charge in [0.2, 0.25) is 0 Å². The molecule has 0 radical (unpaired) electrons. The molecule has 0 aromatic carbocycles. The molecule has 80 valence electrons. The van der Waals surface area contributed by atoms with E-state index < -0.39 is 0 Å². The zero-order valence-corrected chi connectivity index (χ0v) is 9.09. The predicted octanol–water partition coefficient (Wildman–Crippen LogP) is 2.13. The van der Waals surface area contributed by atoms with E-state index in [0.717, 1.165) is 12.5 Å². The molecule has 0 amide bonds. The third-order valence-corrected chi connectivity index (χ3v) is 3.96. The molecule has 1 saturated carbocycles. The summed E-state index contributed by atoms with van der Waals surface area (Å²) in [6, 6.07) is 0.179. The summed E-state index contributed by atoms with van der Waals surface area (Å²) >= 11 is 0. The second-order valence-corrected chi connectivity index (χ2v) is 4.89. The molecule has 2 rings (SSSR count). The second-order valence-electron chi connectivity index (χ2n) is 4.89. The summed E-state index contributed by atoms with van der Waals surface area (Å²) in [4.78, 5) is 11.4. The lowest BCUT2D eigenvalue weighted by molar-refractivity contribution is -0.120. The number of carbonyl (C=O) groups excluding carboxylic acids is 1. The van der Waals surface area contributed by atoms with Crippen molar-refractivity contribution in [1.82, 2.24) is 5.32 Å². The van der Waals surface area contributed by atoms with E-state index in [9.17, 15) is 4.79 Å². The summed E-state index contributed by atoms with van der Waals surface area (Å²) in [5.74, 6) is 1.82. The summed E-state index contributed by atoms with van der Waals surface area (Å²) < 4.78 is 0. The molecule has 0 aromatic heterocycles. The van der Waals surface area contributed by atoms with Gasteiger partial charge in [0, 0.05) is 0 Å². The first kappa shape index (κ1) is 10.2. The van der Waals surface area contributed by atoms with Crippen molar-refractivity contribution in [2.75, 3.05) is 6.54 Å². The van der Waals surface area contributed by atoms with Gasteiger partial charge in [-0.25, -0.2) is 0 Å². The molecule has 2 aliphatic rings. The third kappa shape index (κ3) is 2.00. The van der Waals surface area contributed by atoms with Gasteiger partial charge in [-0.1, -0.05) is 32.1 Å². The Balaban J connectivity index is 1.97. The Morgan fingerprint density at radius 3 is 2.50 bits per heavy atom. The number of hydrogen-bond donors (Lipinski definition) is 1. The molecule has 1 heterocycles. The number of hydrogen-bond acceptors (Lipinski definition) is 2. The molecular formula is C12H21NO. The van der Waals surface area contributed by atoms with Gasteiger partial charge in [-0.3, -0.25) is 4.79 Å². The van der Waals surface area contributed by atoms with Crippen molar-refractivity contribution in [3.8, 4) is 0 Å². The highest BCUT2D eigenvalue weighted by atomic mass is 16.1. The highest BCUT2D eigenvalue weighted by molar-refractivity contribution is 5.82. The number of Topliss-reactive ketones (excluding diaryl/α,β-unsaturated/α-hetero) is 1. The number of ketones is 1. The van der Waals surface area contributed by atoms with Crippen LogP contribution in [-0.4, -0.2) is 18.4 Å². The molecule has 2 nitrogen and oxygen atoms in total. The molecule has 0 aromatic rings. The fraction of sp³-hybridized carbons (Fsp3) is 0.917. The Bertz CT molecular complexity index is 208. The van der Waals surface area contributed by atoms with Crippen molar-refractivity contribution in [2.24, 2.45) is 11.8 Å². The maximum absolute atomic E-state index is 11.4. The van der Waals surface area contributed by atoms with Crippen LogP contribution in [0.4, 0.5) is 0 Å². The highest BCUT2D eigenvalue weighted by Gasteiger charge is 2.36. The maximum atomic E-state index is 11.4. The van der Waals surface area contributed by atoms with Crippen molar-refractivity contribution < 1.29 is 4.79 Å². The average molecular weight is 195 g/mol. The minimum atomic E-state index is 0.179. The van der Waals surface area contributed by atoms with Gasteiger partial charge in [0.05, 0.1) is 6.04 Å². The molecule has 2 fully saturated rings. The quantitative estimate of drug-likeness (QED) is 0.731. The summed E-state index contributed by atoms with van der Waals surface area (Å²) in [7, 11) is 0. The SMILES string of the molecule is CC(=O)[C@H]1NCC[C@@H]1C1CCCCC1. The Morgan fingerprint density at radius 1 is 1.14 bits per heavy atom. The van der Waals surface area contributed by atoms with Crippen LogP contribution < -0.4 is 5.32 Å². The molecule has 1 saturated heterocycles. The fourth-order valence-corrected chi connectivity index (χ4v) is 3.24. The van der Waals surface area contributed by atoms with Crippen LogP contribution in [-0.2, 0) is 4.79 Å². The van der Waals surface area contributed by atoms with Crippen LogP contribution in [0.25, 0.3) is 0 Å². The first-order valence-electron chi connectivity index (χ1n) is 6.03. The summed E-state index contributed by atoms with van der Waals surface area (Å²) in [5, 5.41) is 3.35. The van der Waals surface area contributed by atoms with Crippen molar-refractivity contribution in [3.63, 3.8) is 0 Å². The third-order valence-electron chi connectivity index (χ3n) is 3.96. The Morgan fingerprint density at radius 2 is 1.86 bits per heavy atom. The van der Waals surface area contributed by atoms with Gasteiger partial charge in [-0.15, -0.1) is 0 Å². The van der Waals surface area contributed by atoms with Gasteiger partial charge >= 0.3 is 0 Å².